The van der Waals surface area contributed by atoms with Crippen molar-refractivity contribution in [3.8, 4) is 11.3 Å². The van der Waals surface area contributed by atoms with Gasteiger partial charge in [-0.1, -0.05) is 56.3 Å². The first-order chi connectivity index (χ1) is 15.3. The molecular weight excluding hydrogens is 422 g/mol. The SMILES string of the molecule is CCN(CC)S(=O)(=O)c1ccc(C(C)NC(=O)CCc2ccc(-c3ccccc3)[nH]2)cc1. The number of rotatable bonds is 10. The summed E-state index contributed by atoms with van der Waals surface area (Å²) in [5.74, 6) is -0.0480. The first kappa shape index (κ1) is 23.8. The van der Waals surface area contributed by atoms with Crippen LogP contribution in [0, 0.1) is 0 Å². The van der Waals surface area contributed by atoms with Crippen LogP contribution in [0.15, 0.2) is 71.6 Å². The Hall–Kier alpha value is -2.90. The second-order valence-corrected chi connectivity index (χ2v) is 9.65. The van der Waals surface area contributed by atoms with E-state index < -0.39 is 10.0 Å². The molecule has 0 fully saturated rings. The molecule has 2 N–H and O–H groups in total. The van der Waals surface area contributed by atoms with Gasteiger partial charge in [0, 0.05) is 30.9 Å². The van der Waals surface area contributed by atoms with Crippen LogP contribution >= 0.6 is 0 Å². The van der Waals surface area contributed by atoms with Gasteiger partial charge in [-0.3, -0.25) is 4.79 Å². The molecule has 3 rings (SSSR count). The summed E-state index contributed by atoms with van der Waals surface area (Å²) in [6.07, 6.45) is 0.986. The zero-order chi connectivity index (χ0) is 23.1. The van der Waals surface area contributed by atoms with Crippen molar-refractivity contribution in [2.75, 3.05) is 13.1 Å². The average molecular weight is 454 g/mol. The van der Waals surface area contributed by atoms with Crippen molar-refractivity contribution >= 4 is 15.9 Å². The van der Waals surface area contributed by atoms with Crippen LogP contribution in [0.25, 0.3) is 11.3 Å². The molecule has 1 amide bonds. The highest BCUT2D eigenvalue weighted by Crippen LogP contribution is 2.20. The minimum absolute atomic E-state index is 0.0480. The molecule has 1 atom stereocenters. The van der Waals surface area contributed by atoms with E-state index in [0.29, 0.717) is 25.9 Å². The minimum atomic E-state index is -3.48. The molecule has 2 aromatic carbocycles. The average Bonchev–Trinajstić information content (AvgIpc) is 3.28. The van der Waals surface area contributed by atoms with Crippen LogP contribution in [-0.2, 0) is 21.2 Å². The molecular formula is C25H31N3O3S. The highest BCUT2D eigenvalue weighted by Gasteiger charge is 2.21. The summed E-state index contributed by atoms with van der Waals surface area (Å²) in [6, 6.07) is 20.6. The smallest absolute Gasteiger partial charge is 0.243 e. The quantitative estimate of drug-likeness (QED) is 0.473. The normalized spacial score (nSPS) is 12.6. The van der Waals surface area contributed by atoms with Crippen LogP contribution in [-0.4, -0.2) is 36.7 Å². The molecule has 6 nitrogen and oxygen atoms in total. The van der Waals surface area contributed by atoms with E-state index in [9.17, 15) is 13.2 Å². The summed E-state index contributed by atoms with van der Waals surface area (Å²) in [7, 11) is -3.48. The van der Waals surface area contributed by atoms with Gasteiger partial charge in [-0.25, -0.2) is 8.42 Å². The molecule has 1 aromatic heterocycles. The molecule has 170 valence electrons. The molecule has 0 aliphatic carbocycles. The standard InChI is InChI=1S/C25H31N3O3S/c1-4-28(5-2)32(30,31)23-15-11-20(12-16-23)19(3)26-25(29)18-14-22-13-17-24(27-22)21-9-7-6-8-10-21/h6-13,15-17,19,27H,4-5,14,18H2,1-3H3,(H,26,29). The fraction of sp³-hybridized carbons (Fsp3) is 0.320. The predicted molar refractivity (Wildman–Crippen MR) is 128 cm³/mol. The Morgan fingerprint density at radius 2 is 1.62 bits per heavy atom. The summed E-state index contributed by atoms with van der Waals surface area (Å²) in [4.78, 5) is 16.1. The summed E-state index contributed by atoms with van der Waals surface area (Å²) in [5.41, 5.74) is 4.03. The van der Waals surface area contributed by atoms with Gasteiger partial charge in [0.25, 0.3) is 0 Å². The number of carbonyl (C=O) groups excluding carboxylic acids is 1. The number of sulfonamides is 1. The Morgan fingerprint density at radius 3 is 2.25 bits per heavy atom. The molecule has 32 heavy (non-hydrogen) atoms. The van der Waals surface area contributed by atoms with E-state index in [1.807, 2.05) is 63.2 Å². The largest absolute Gasteiger partial charge is 0.358 e. The summed E-state index contributed by atoms with van der Waals surface area (Å²) in [6.45, 7) is 6.40. The Bertz CT molecular complexity index is 1120. The molecule has 0 spiro atoms. The number of benzene rings is 2. The van der Waals surface area contributed by atoms with Gasteiger partial charge in [-0.2, -0.15) is 4.31 Å². The van der Waals surface area contributed by atoms with Crippen LogP contribution in [0.5, 0.6) is 0 Å². The Balaban J connectivity index is 1.55. The first-order valence-electron chi connectivity index (χ1n) is 11.0. The zero-order valence-electron chi connectivity index (χ0n) is 18.8. The number of aromatic nitrogens is 1. The summed E-state index contributed by atoms with van der Waals surface area (Å²) in [5, 5.41) is 3.00. The molecule has 0 saturated carbocycles. The van der Waals surface area contributed by atoms with Crippen molar-refractivity contribution in [2.24, 2.45) is 0 Å². The first-order valence-corrected chi connectivity index (χ1v) is 12.4. The third-order valence-electron chi connectivity index (χ3n) is 5.55. The number of nitrogens with one attached hydrogen (secondary N) is 2. The van der Waals surface area contributed by atoms with Gasteiger partial charge in [0.2, 0.25) is 15.9 Å². The van der Waals surface area contributed by atoms with Crippen LogP contribution in [0.1, 0.15) is 44.5 Å². The van der Waals surface area contributed by atoms with Gasteiger partial charge >= 0.3 is 0 Å². The second-order valence-electron chi connectivity index (χ2n) is 7.71. The van der Waals surface area contributed by atoms with Crippen molar-refractivity contribution in [2.45, 2.75) is 44.6 Å². The molecule has 3 aromatic rings. The number of nitrogens with zero attached hydrogens (tertiary/aromatic N) is 1. The highest BCUT2D eigenvalue weighted by atomic mass is 32.2. The maximum Gasteiger partial charge on any atom is 0.243 e. The topological polar surface area (TPSA) is 82.3 Å². The molecule has 0 bridgehead atoms. The Kier molecular flexibility index (Phi) is 7.88. The molecule has 0 aliphatic heterocycles. The Morgan fingerprint density at radius 1 is 0.969 bits per heavy atom. The molecule has 0 saturated heterocycles. The summed E-state index contributed by atoms with van der Waals surface area (Å²) < 4.78 is 26.7. The Labute approximate surface area is 190 Å². The van der Waals surface area contributed by atoms with Crippen molar-refractivity contribution in [3.63, 3.8) is 0 Å². The van der Waals surface area contributed by atoms with Gasteiger partial charge in [0.05, 0.1) is 10.9 Å². The van der Waals surface area contributed by atoms with E-state index in [0.717, 1.165) is 22.5 Å². The van der Waals surface area contributed by atoms with Crippen LogP contribution in [0.3, 0.4) is 0 Å². The van der Waals surface area contributed by atoms with E-state index in [1.165, 1.54) is 4.31 Å². The number of hydrogen-bond acceptors (Lipinski definition) is 3. The minimum Gasteiger partial charge on any atom is -0.358 e. The molecule has 7 heteroatoms. The fourth-order valence-electron chi connectivity index (χ4n) is 3.66. The molecule has 1 unspecified atom stereocenters. The molecule has 0 aliphatic rings. The van der Waals surface area contributed by atoms with E-state index in [2.05, 4.69) is 10.3 Å². The lowest BCUT2D eigenvalue weighted by molar-refractivity contribution is -0.121. The van der Waals surface area contributed by atoms with E-state index in [-0.39, 0.29) is 16.8 Å². The van der Waals surface area contributed by atoms with Gasteiger partial charge in [-0.15, -0.1) is 0 Å². The van der Waals surface area contributed by atoms with Crippen molar-refractivity contribution < 1.29 is 13.2 Å². The number of amides is 1. The molecule has 1 heterocycles. The zero-order valence-corrected chi connectivity index (χ0v) is 19.7. The van der Waals surface area contributed by atoms with E-state index >= 15 is 0 Å². The number of hydrogen-bond donors (Lipinski definition) is 2. The fourth-order valence-corrected chi connectivity index (χ4v) is 5.12. The number of H-pyrrole nitrogens is 1. The van der Waals surface area contributed by atoms with Crippen LogP contribution in [0.2, 0.25) is 0 Å². The van der Waals surface area contributed by atoms with E-state index in [4.69, 9.17) is 0 Å². The monoisotopic (exact) mass is 453 g/mol. The third kappa shape index (κ3) is 5.66. The number of aromatic amines is 1. The lowest BCUT2D eigenvalue weighted by atomic mass is 10.1. The lowest BCUT2D eigenvalue weighted by Gasteiger charge is -2.19. The molecule has 0 radical (unpaired) electrons. The maximum absolute atomic E-state index is 12.6. The number of carbonyl (C=O) groups is 1. The number of aryl methyl sites for hydroxylation is 1. The summed E-state index contributed by atoms with van der Waals surface area (Å²) >= 11 is 0. The van der Waals surface area contributed by atoms with Gasteiger partial charge in [0.1, 0.15) is 0 Å². The predicted octanol–water partition coefficient (Wildman–Crippen LogP) is 4.52. The maximum atomic E-state index is 12.6. The highest BCUT2D eigenvalue weighted by molar-refractivity contribution is 7.89. The van der Waals surface area contributed by atoms with Crippen molar-refractivity contribution in [3.05, 3.63) is 78.0 Å². The second kappa shape index (κ2) is 10.6. The van der Waals surface area contributed by atoms with Gasteiger partial charge in [-0.05, 0) is 48.7 Å². The lowest BCUT2D eigenvalue weighted by Crippen LogP contribution is -2.30. The van der Waals surface area contributed by atoms with Crippen LogP contribution in [0.4, 0.5) is 0 Å². The van der Waals surface area contributed by atoms with Crippen molar-refractivity contribution in [1.82, 2.24) is 14.6 Å². The van der Waals surface area contributed by atoms with Crippen LogP contribution < -0.4 is 5.32 Å². The van der Waals surface area contributed by atoms with E-state index in [1.54, 1.807) is 24.3 Å². The van der Waals surface area contributed by atoms with Crippen molar-refractivity contribution in [1.29, 1.82) is 0 Å². The van der Waals surface area contributed by atoms with Gasteiger partial charge < -0.3 is 10.3 Å². The van der Waals surface area contributed by atoms with Gasteiger partial charge in [0.15, 0.2) is 0 Å². The third-order valence-corrected chi connectivity index (χ3v) is 7.62.